The van der Waals surface area contributed by atoms with Gasteiger partial charge in [0.1, 0.15) is 0 Å². The van der Waals surface area contributed by atoms with Gasteiger partial charge in [0.2, 0.25) is 0 Å². The largest absolute Gasteiger partial charge is 0.481 e. The van der Waals surface area contributed by atoms with Gasteiger partial charge in [-0.15, -0.1) is 0 Å². The van der Waals surface area contributed by atoms with E-state index in [9.17, 15) is 9.90 Å². The molecule has 0 aromatic rings. The van der Waals surface area contributed by atoms with Crippen LogP contribution in [0.5, 0.6) is 0 Å². The van der Waals surface area contributed by atoms with Crippen LogP contribution in [0.25, 0.3) is 0 Å². The number of carboxylic acid groups (broad SMARTS) is 1. The maximum atomic E-state index is 11.5. The second-order valence-electron chi connectivity index (χ2n) is 6.55. The summed E-state index contributed by atoms with van der Waals surface area (Å²) in [5.74, 6) is 0.661. The highest BCUT2D eigenvalue weighted by Gasteiger charge is 2.40. The SMILES string of the molecule is CC1CC(C)C(C)N(C2CCCCC2C(=O)O)C1. The van der Waals surface area contributed by atoms with Gasteiger partial charge < -0.3 is 5.11 Å². The summed E-state index contributed by atoms with van der Waals surface area (Å²) in [6.45, 7) is 7.98. The van der Waals surface area contributed by atoms with E-state index >= 15 is 0 Å². The van der Waals surface area contributed by atoms with E-state index in [-0.39, 0.29) is 12.0 Å². The maximum absolute atomic E-state index is 11.5. The van der Waals surface area contributed by atoms with Gasteiger partial charge in [0, 0.05) is 18.6 Å². The molecule has 0 bridgehead atoms. The maximum Gasteiger partial charge on any atom is 0.308 e. The zero-order valence-electron chi connectivity index (χ0n) is 11.9. The normalized spacial score (nSPS) is 42.7. The van der Waals surface area contributed by atoms with Gasteiger partial charge in [-0.2, -0.15) is 0 Å². The summed E-state index contributed by atoms with van der Waals surface area (Å²) in [5.41, 5.74) is 0. The van der Waals surface area contributed by atoms with Crippen molar-refractivity contribution in [3.8, 4) is 0 Å². The third kappa shape index (κ3) is 2.71. The summed E-state index contributed by atoms with van der Waals surface area (Å²) in [7, 11) is 0. The lowest BCUT2D eigenvalue weighted by Gasteiger charge is -2.48. The minimum Gasteiger partial charge on any atom is -0.481 e. The van der Waals surface area contributed by atoms with Gasteiger partial charge in [-0.1, -0.05) is 26.7 Å². The van der Waals surface area contributed by atoms with E-state index in [1.807, 2.05) is 0 Å². The number of carboxylic acids is 1. The topological polar surface area (TPSA) is 40.5 Å². The van der Waals surface area contributed by atoms with Gasteiger partial charge in [0.15, 0.2) is 0 Å². The number of aliphatic carboxylic acids is 1. The summed E-state index contributed by atoms with van der Waals surface area (Å²) in [4.78, 5) is 14.0. The smallest absolute Gasteiger partial charge is 0.308 e. The van der Waals surface area contributed by atoms with E-state index in [1.54, 1.807) is 0 Å². The van der Waals surface area contributed by atoms with Gasteiger partial charge in [0.05, 0.1) is 5.92 Å². The number of carbonyl (C=O) groups is 1. The molecule has 2 aliphatic rings. The predicted molar refractivity (Wildman–Crippen MR) is 72.5 cm³/mol. The van der Waals surface area contributed by atoms with Crippen LogP contribution in [0.3, 0.4) is 0 Å². The van der Waals surface area contributed by atoms with E-state index in [2.05, 4.69) is 25.7 Å². The van der Waals surface area contributed by atoms with Gasteiger partial charge >= 0.3 is 5.97 Å². The molecule has 1 saturated carbocycles. The second-order valence-corrected chi connectivity index (χ2v) is 6.55. The van der Waals surface area contributed by atoms with Crippen LogP contribution in [0.4, 0.5) is 0 Å². The Balaban J connectivity index is 2.13. The third-order valence-corrected chi connectivity index (χ3v) is 5.12. The summed E-state index contributed by atoms with van der Waals surface area (Å²) >= 11 is 0. The molecule has 0 amide bonds. The highest BCUT2D eigenvalue weighted by Crippen LogP contribution is 2.35. The van der Waals surface area contributed by atoms with Gasteiger partial charge in [-0.25, -0.2) is 0 Å². The molecular weight excluding hydrogens is 226 g/mol. The second kappa shape index (κ2) is 5.60. The lowest BCUT2D eigenvalue weighted by atomic mass is 9.78. The van der Waals surface area contributed by atoms with Crippen LogP contribution >= 0.6 is 0 Å². The summed E-state index contributed by atoms with van der Waals surface area (Å²) in [5, 5.41) is 9.43. The Morgan fingerprint density at radius 1 is 1.17 bits per heavy atom. The number of hydrogen-bond acceptors (Lipinski definition) is 2. The van der Waals surface area contributed by atoms with E-state index in [1.165, 1.54) is 12.8 Å². The van der Waals surface area contributed by atoms with Crippen molar-refractivity contribution in [1.29, 1.82) is 0 Å². The molecule has 1 saturated heterocycles. The molecule has 2 fully saturated rings. The molecule has 18 heavy (non-hydrogen) atoms. The Kier molecular flexibility index (Phi) is 4.31. The van der Waals surface area contributed by atoms with E-state index in [4.69, 9.17) is 0 Å². The minimum absolute atomic E-state index is 0.140. The molecule has 0 spiro atoms. The summed E-state index contributed by atoms with van der Waals surface area (Å²) in [6, 6.07) is 0.808. The van der Waals surface area contributed by atoms with Gasteiger partial charge in [0.25, 0.3) is 0 Å². The fourth-order valence-electron chi connectivity index (χ4n) is 3.99. The number of nitrogens with zero attached hydrogens (tertiary/aromatic N) is 1. The molecule has 1 aliphatic heterocycles. The van der Waals surface area contributed by atoms with Crippen molar-refractivity contribution in [2.75, 3.05) is 6.54 Å². The first-order valence-corrected chi connectivity index (χ1v) is 7.49. The molecule has 1 aliphatic carbocycles. The Hall–Kier alpha value is -0.570. The van der Waals surface area contributed by atoms with Crippen LogP contribution in [0, 0.1) is 17.8 Å². The number of piperidine rings is 1. The highest BCUT2D eigenvalue weighted by molar-refractivity contribution is 5.71. The predicted octanol–water partition coefficient (Wildman–Crippen LogP) is 3.00. The lowest BCUT2D eigenvalue weighted by Crippen LogP contribution is -2.55. The van der Waals surface area contributed by atoms with Crippen molar-refractivity contribution in [1.82, 2.24) is 4.90 Å². The van der Waals surface area contributed by atoms with Crippen molar-refractivity contribution >= 4 is 5.97 Å². The van der Waals surface area contributed by atoms with Gasteiger partial charge in [-0.3, -0.25) is 9.69 Å². The Morgan fingerprint density at radius 2 is 1.83 bits per heavy atom. The Morgan fingerprint density at radius 3 is 2.50 bits per heavy atom. The summed E-state index contributed by atoms with van der Waals surface area (Å²) < 4.78 is 0. The zero-order chi connectivity index (χ0) is 13.3. The van der Waals surface area contributed by atoms with Crippen LogP contribution < -0.4 is 0 Å². The standard InChI is InChI=1S/C15H27NO2/c1-10-8-11(2)12(3)16(9-10)14-7-5-4-6-13(14)15(17)18/h10-14H,4-9H2,1-3H3,(H,17,18). The van der Waals surface area contributed by atoms with Crippen LogP contribution in [0.2, 0.25) is 0 Å². The van der Waals surface area contributed by atoms with Crippen LogP contribution in [-0.4, -0.2) is 34.6 Å². The quantitative estimate of drug-likeness (QED) is 0.822. The number of hydrogen-bond donors (Lipinski definition) is 1. The van der Waals surface area contributed by atoms with Crippen molar-refractivity contribution in [2.45, 2.75) is 65.0 Å². The average Bonchev–Trinajstić information content (AvgIpc) is 2.33. The van der Waals surface area contributed by atoms with Crippen LogP contribution in [0.15, 0.2) is 0 Å². The van der Waals surface area contributed by atoms with E-state index < -0.39 is 5.97 Å². The average molecular weight is 253 g/mol. The highest BCUT2D eigenvalue weighted by atomic mass is 16.4. The van der Waals surface area contributed by atoms with Crippen molar-refractivity contribution in [3.63, 3.8) is 0 Å². The van der Waals surface area contributed by atoms with Crippen LogP contribution in [-0.2, 0) is 4.79 Å². The molecule has 1 N–H and O–H groups in total. The molecule has 1 heterocycles. The van der Waals surface area contributed by atoms with Gasteiger partial charge in [-0.05, 0) is 38.0 Å². The minimum atomic E-state index is -0.585. The fraction of sp³-hybridized carbons (Fsp3) is 0.933. The molecule has 0 aromatic heterocycles. The zero-order valence-corrected chi connectivity index (χ0v) is 11.9. The summed E-state index contributed by atoms with van der Waals surface area (Å²) in [6.07, 6.45) is 5.50. The molecule has 5 unspecified atom stereocenters. The number of rotatable bonds is 2. The molecule has 5 atom stereocenters. The first-order chi connectivity index (χ1) is 8.50. The van der Waals surface area contributed by atoms with E-state index in [0.717, 1.165) is 25.8 Å². The molecule has 104 valence electrons. The third-order valence-electron chi connectivity index (χ3n) is 5.12. The fourth-order valence-corrected chi connectivity index (χ4v) is 3.99. The molecule has 2 rings (SSSR count). The molecule has 0 radical (unpaired) electrons. The molecular formula is C15H27NO2. The first kappa shape index (κ1) is 13.9. The Bertz CT molecular complexity index is 305. The first-order valence-electron chi connectivity index (χ1n) is 7.49. The van der Waals surface area contributed by atoms with E-state index in [0.29, 0.717) is 17.9 Å². The van der Waals surface area contributed by atoms with Crippen molar-refractivity contribution in [3.05, 3.63) is 0 Å². The molecule has 0 aromatic carbocycles. The monoisotopic (exact) mass is 253 g/mol. The molecule has 3 nitrogen and oxygen atoms in total. The Labute approximate surface area is 111 Å². The number of likely N-dealkylation sites (tertiary alicyclic amines) is 1. The lowest BCUT2D eigenvalue weighted by molar-refractivity contribution is -0.147. The van der Waals surface area contributed by atoms with Crippen molar-refractivity contribution in [2.24, 2.45) is 17.8 Å². The van der Waals surface area contributed by atoms with Crippen LogP contribution in [0.1, 0.15) is 52.9 Å². The van der Waals surface area contributed by atoms with Crippen molar-refractivity contribution < 1.29 is 9.90 Å². The molecule has 3 heteroatoms.